The van der Waals surface area contributed by atoms with E-state index in [4.69, 9.17) is 0 Å². The lowest BCUT2D eigenvalue weighted by atomic mass is 10.1. The fourth-order valence-electron chi connectivity index (χ4n) is 3.61. The van der Waals surface area contributed by atoms with Crippen molar-refractivity contribution in [1.29, 1.82) is 0 Å². The highest BCUT2D eigenvalue weighted by Crippen LogP contribution is 2.35. The number of anilines is 1. The van der Waals surface area contributed by atoms with E-state index in [-0.39, 0.29) is 5.56 Å². The maximum atomic E-state index is 13.3. The number of halogens is 3. The molecule has 0 radical (unpaired) electrons. The number of amides is 1. The fraction of sp³-hybridized carbons (Fsp3) is 0.350. The van der Waals surface area contributed by atoms with Crippen LogP contribution in [-0.2, 0) is 6.18 Å². The Balaban J connectivity index is 1.55. The summed E-state index contributed by atoms with van der Waals surface area (Å²) in [6, 6.07) is 4.94. The Morgan fingerprint density at radius 3 is 2.45 bits per heavy atom. The minimum Gasteiger partial charge on any atom is -0.352 e. The minimum absolute atomic E-state index is 0.304. The van der Waals surface area contributed by atoms with E-state index in [1.54, 1.807) is 11.3 Å². The summed E-state index contributed by atoms with van der Waals surface area (Å²) >= 11 is 1.61. The Labute approximate surface area is 169 Å². The van der Waals surface area contributed by atoms with Gasteiger partial charge in [0.15, 0.2) is 0 Å². The normalized spacial score (nSPS) is 15.2. The van der Waals surface area contributed by atoms with Gasteiger partial charge in [-0.15, -0.1) is 11.3 Å². The number of rotatable bonds is 2. The maximum Gasteiger partial charge on any atom is 0.417 e. The first-order chi connectivity index (χ1) is 13.8. The molecule has 0 unspecified atom stereocenters. The zero-order valence-corrected chi connectivity index (χ0v) is 16.8. The summed E-state index contributed by atoms with van der Waals surface area (Å²) < 4.78 is 39.8. The lowest BCUT2D eigenvalue weighted by molar-refractivity contribution is -0.138. The van der Waals surface area contributed by atoms with Gasteiger partial charge in [0.1, 0.15) is 17.0 Å². The monoisotopic (exact) mass is 420 g/mol. The number of alkyl halides is 3. The van der Waals surface area contributed by atoms with Gasteiger partial charge in [0.25, 0.3) is 5.91 Å². The number of fused-ring (bicyclic) bond motifs is 1. The lowest BCUT2D eigenvalue weighted by Gasteiger charge is -2.36. The number of benzene rings is 1. The number of nitrogens with zero attached hydrogens (tertiary/aromatic N) is 4. The Kier molecular flexibility index (Phi) is 4.94. The minimum atomic E-state index is -4.56. The highest BCUT2D eigenvalue weighted by Gasteiger charge is 2.36. The number of carbonyl (C=O) groups is 1. The molecular weight excluding hydrogens is 401 g/mol. The molecular formula is C20H19F3N4OS. The van der Waals surface area contributed by atoms with E-state index in [0.29, 0.717) is 26.2 Å². The standard InChI is InChI=1S/C20H19F3N4OS/c1-12-13(2)29-18-16(12)17(24-11-25-18)26-7-9-27(10-8-26)19(28)14-5-3-4-6-15(14)20(21,22)23/h3-6,11H,7-10H2,1-2H3. The average Bonchev–Trinajstić information content (AvgIpc) is 3.01. The van der Waals surface area contributed by atoms with Crippen LogP contribution in [0.2, 0.25) is 0 Å². The summed E-state index contributed by atoms with van der Waals surface area (Å²) in [5, 5.41) is 1.01. The topological polar surface area (TPSA) is 49.3 Å². The summed E-state index contributed by atoms with van der Waals surface area (Å²) in [5.74, 6) is 0.229. The first kappa shape index (κ1) is 19.6. The smallest absolute Gasteiger partial charge is 0.352 e. The van der Waals surface area contributed by atoms with E-state index in [0.717, 1.165) is 27.7 Å². The van der Waals surface area contributed by atoms with Crippen LogP contribution in [0.4, 0.5) is 19.0 Å². The third-order valence-corrected chi connectivity index (χ3v) is 6.39. The SMILES string of the molecule is Cc1sc2ncnc(N3CCN(C(=O)c4ccccc4C(F)(F)F)CC3)c2c1C. The molecule has 4 rings (SSSR count). The van der Waals surface area contributed by atoms with E-state index >= 15 is 0 Å². The van der Waals surface area contributed by atoms with Crippen LogP contribution in [0.25, 0.3) is 10.2 Å². The van der Waals surface area contributed by atoms with Crippen LogP contribution in [0.5, 0.6) is 0 Å². The van der Waals surface area contributed by atoms with Crippen LogP contribution < -0.4 is 4.90 Å². The van der Waals surface area contributed by atoms with Crippen LogP contribution in [-0.4, -0.2) is 47.0 Å². The van der Waals surface area contributed by atoms with Crippen molar-refractivity contribution in [3.05, 3.63) is 52.2 Å². The van der Waals surface area contributed by atoms with Crippen molar-refractivity contribution in [2.75, 3.05) is 31.1 Å². The number of carbonyl (C=O) groups excluding carboxylic acids is 1. The van der Waals surface area contributed by atoms with Crippen LogP contribution in [0.3, 0.4) is 0 Å². The molecule has 1 amide bonds. The zero-order valence-electron chi connectivity index (χ0n) is 16.0. The molecule has 152 valence electrons. The van der Waals surface area contributed by atoms with Gasteiger partial charge in [-0.1, -0.05) is 12.1 Å². The van der Waals surface area contributed by atoms with Crippen molar-refractivity contribution < 1.29 is 18.0 Å². The number of hydrogen-bond donors (Lipinski definition) is 0. The molecule has 0 spiro atoms. The van der Waals surface area contributed by atoms with Gasteiger partial charge in [-0.2, -0.15) is 13.2 Å². The lowest BCUT2D eigenvalue weighted by Crippen LogP contribution is -2.49. The molecule has 9 heteroatoms. The van der Waals surface area contributed by atoms with Gasteiger partial charge < -0.3 is 9.80 Å². The molecule has 3 heterocycles. The highest BCUT2D eigenvalue weighted by molar-refractivity contribution is 7.18. The van der Waals surface area contributed by atoms with Crippen molar-refractivity contribution in [2.24, 2.45) is 0 Å². The molecule has 0 bridgehead atoms. The molecule has 2 aromatic heterocycles. The first-order valence-electron chi connectivity index (χ1n) is 9.18. The quantitative estimate of drug-likeness (QED) is 0.621. The van der Waals surface area contributed by atoms with Gasteiger partial charge in [-0.05, 0) is 31.5 Å². The number of thiophene rings is 1. The van der Waals surface area contributed by atoms with Gasteiger partial charge >= 0.3 is 6.18 Å². The zero-order chi connectivity index (χ0) is 20.8. The van der Waals surface area contributed by atoms with Gasteiger partial charge in [0.05, 0.1) is 16.5 Å². The number of aromatic nitrogens is 2. The molecule has 0 saturated carbocycles. The van der Waals surface area contributed by atoms with Crippen LogP contribution in [0.15, 0.2) is 30.6 Å². The second-order valence-electron chi connectivity index (χ2n) is 6.98. The number of hydrogen-bond acceptors (Lipinski definition) is 5. The predicted octanol–water partition coefficient (Wildman–Crippen LogP) is 4.29. The number of piperazine rings is 1. The second-order valence-corrected chi connectivity index (χ2v) is 8.19. The molecule has 29 heavy (non-hydrogen) atoms. The first-order valence-corrected chi connectivity index (χ1v) is 10.00. The Morgan fingerprint density at radius 2 is 1.76 bits per heavy atom. The van der Waals surface area contributed by atoms with E-state index in [1.165, 1.54) is 34.3 Å². The van der Waals surface area contributed by atoms with E-state index in [2.05, 4.69) is 14.9 Å². The third-order valence-electron chi connectivity index (χ3n) is 5.27. The molecule has 1 aliphatic rings. The van der Waals surface area contributed by atoms with Crippen LogP contribution in [0, 0.1) is 13.8 Å². The highest BCUT2D eigenvalue weighted by atomic mass is 32.1. The van der Waals surface area contributed by atoms with Crippen molar-refractivity contribution in [1.82, 2.24) is 14.9 Å². The Morgan fingerprint density at radius 1 is 1.07 bits per heavy atom. The molecule has 5 nitrogen and oxygen atoms in total. The van der Waals surface area contributed by atoms with Crippen molar-refractivity contribution >= 4 is 33.3 Å². The van der Waals surface area contributed by atoms with Gasteiger partial charge in [0.2, 0.25) is 0 Å². The molecule has 1 aromatic carbocycles. The summed E-state index contributed by atoms with van der Waals surface area (Å²) in [4.78, 5) is 27.2. The number of aryl methyl sites for hydroxylation is 2. The van der Waals surface area contributed by atoms with Gasteiger partial charge in [0, 0.05) is 31.1 Å². The average molecular weight is 420 g/mol. The summed E-state index contributed by atoms with van der Waals surface area (Å²) in [7, 11) is 0. The molecule has 0 N–H and O–H groups in total. The summed E-state index contributed by atoms with van der Waals surface area (Å²) in [6.45, 7) is 5.74. The van der Waals surface area contributed by atoms with Gasteiger partial charge in [-0.25, -0.2) is 9.97 Å². The fourth-order valence-corrected chi connectivity index (χ4v) is 4.60. The molecule has 3 aromatic rings. The van der Waals surface area contributed by atoms with Crippen LogP contribution in [0.1, 0.15) is 26.4 Å². The molecule has 1 fully saturated rings. The molecule has 1 aliphatic heterocycles. The molecule has 1 saturated heterocycles. The maximum absolute atomic E-state index is 13.3. The van der Waals surface area contributed by atoms with Crippen molar-refractivity contribution in [2.45, 2.75) is 20.0 Å². The van der Waals surface area contributed by atoms with Crippen molar-refractivity contribution in [3.8, 4) is 0 Å². The second kappa shape index (κ2) is 7.29. The van der Waals surface area contributed by atoms with E-state index < -0.39 is 17.6 Å². The summed E-state index contributed by atoms with van der Waals surface area (Å²) in [6.07, 6.45) is -3.03. The largest absolute Gasteiger partial charge is 0.417 e. The van der Waals surface area contributed by atoms with E-state index in [9.17, 15) is 18.0 Å². The third kappa shape index (κ3) is 3.55. The van der Waals surface area contributed by atoms with E-state index in [1.807, 2.05) is 13.8 Å². The predicted molar refractivity (Wildman–Crippen MR) is 106 cm³/mol. The molecule has 0 aliphatic carbocycles. The Hall–Kier alpha value is -2.68. The molecule has 0 atom stereocenters. The summed E-state index contributed by atoms with van der Waals surface area (Å²) in [5.41, 5.74) is -0.0605. The van der Waals surface area contributed by atoms with Crippen LogP contribution >= 0.6 is 11.3 Å². The Bertz CT molecular complexity index is 1070. The van der Waals surface area contributed by atoms with Crippen molar-refractivity contribution in [3.63, 3.8) is 0 Å². The van der Waals surface area contributed by atoms with Gasteiger partial charge in [-0.3, -0.25) is 4.79 Å².